The van der Waals surface area contributed by atoms with Gasteiger partial charge in [-0.1, -0.05) is 18.2 Å². The molecule has 6 nitrogen and oxygen atoms in total. The molecule has 1 aliphatic heterocycles. The molecule has 1 heterocycles. The third kappa shape index (κ3) is 4.23. The number of morpholine rings is 1. The fraction of sp³-hybridized carbons (Fsp3) is 0.316. The molecule has 1 saturated heterocycles. The second-order valence-electron chi connectivity index (χ2n) is 6.46. The number of nitrogens with one attached hydrogen (secondary N) is 1. The Morgan fingerprint density at radius 2 is 1.58 bits per heavy atom. The summed E-state index contributed by atoms with van der Waals surface area (Å²) >= 11 is 0. The van der Waals surface area contributed by atoms with Crippen LogP contribution in [-0.2, 0) is 14.8 Å². The molecule has 2 aromatic carbocycles. The van der Waals surface area contributed by atoms with Crippen molar-refractivity contribution in [3.63, 3.8) is 0 Å². The van der Waals surface area contributed by atoms with Crippen LogP contribution in [0.5, 0.6) is 0 Å². The Hall–Kier alpha value is -2.38. The van der Waals surface area contributed by atoms with E-state index in [9.17, 15) is 13.2 Å². The first-order valence-corrected chi connectivity index (χ1v) is 9.96. The molecule has 0 saturated carbocycles. The fourth-order valence-corrected chi connectivity index (χ4v) is 4.08. The summed E-state index contributed by atoms with van der Waals surface area (Å²) in [5.41, 5.74) is 0.953. The zero-order valence-electron chi connectivity index (χ0n) is 14.8. The van der Waals surface area contributed by atoms with Crippen LogP contribution in [-0.4, -0.2) is 44.5 Å². The van der Waals surface area contributed by atoms with Crippen LogP contribution in [0.3, 0.4) is 0 Å². The highest BCUT2D eigenvalue weighted by Crippen LogP contribution is 2.18. The van der Waals surface area contributed by atoms with Crippen molar-refractivity contribution in [1.29, 1.82) is 0 Å². The van der Waals surface area contributed by atoms with E-state index in [2.05, 4.69) is 4.72 Å². The molecule has 1 fully saturated rings. The van der Waals surface area contributed by atoms with Gasteiger partial charge in [0.2, 0.25) is 0 Å². The number of sulfonamides is 1. The molecule has 2 atom stereocenters. The fourth-order valence-electron chi connectivity index (χ4n) is 3.02. The first-order valence-electron chi connectivity index (χ1n) is 8.48. The Balaban J connectivity index is 1.74. The number of anilines is 1. The van der Waals surface area contributed by atoms with Gasteiger partial charge < -0.3 is 9.64 Å². The Bertz CT molecular complexity index is 856. The van der Waals surface area contributed by atoms with E-state index in [0.29, 0.717) is 24.3 Å². The van der Waals surface area contributed by atoms with Gasteiger partial charge >= 0.3 is 0 Å². The Morgan fingerprint density at radius 1 is 1.00 bits per heavy atom. The summed E-state index contributed by atoms with van der Waals surface area (Å²) < 4.78 is 33.1. The number of benzene rings is 2. The molecule has 0 aromatic heterocycles. The Kier molecular flexibility index (Phi) is 5.29. The van der Waals surface area contributed by atoms with E-state index in [1.165, 1.54) is 12.1 Å². The Labute approximate surface area is 153 Å². The minimum Gasteiger partial charge on any atom is -0.372 e. The molecule has 138 valence electrons. The molecule has 0 aliphatic carbocycles. The summed E-state index contributed by atoms with van der Waals surface area (Å²) in [5.74, 6) is -0.119. The molecule has 26 heavy (non-hydrogen) atoms. The SMILES string of the molecule is C[C@H]1CN(C(=O)c2ccc(S(=O)(=O)Nc3ccccc3)cc2)C[C@H](C)O1. The number of rotatable bonds is 4. The second-order valence-corrected chi connectivity index (χ2v) is 8.15. The highest BCUT2D eigenvalue weighted by molar-refractivity contribution is 7.92. The van der Waals surface area contributed by atoms with Gasteiger partial charge in [0.05, 0.1) is 17.1 Å². The standard InChI is InChI=1S/C19H22N2O4S/c1-14-12-21(13-15(2)25-14)19(22)16-8-10-18(11-9-16)26(23,24)20-17-6-4-3-5-7-17/h3-11,14-15,20H,12-13H2,1-2H3/t14-,15-/m0/s1. The number of amides is 1. The van der Waals surface area contributed by atoms with Crippen LogP contribution in [0.25, 0.3) is 0 Å². The number of hydrogen-bond acceptors (Lipinski definition) is 4. The van der Waals surface area contributed by atoms with Crippen LogP contribution >= 0.6 is 0 Å². The summed E-state index contributed by atoms with van der Waals surface area (Å²) in [6.45, 7) is 4.92. The zero-order chi connectivity index (χ0) is 18.7. The summed E-state index contributed by atoms with van der Waals surface area (Å²) in [5, 5.41) is 0. The van der Waals surface area contributed by atoms with Gasteiger partial charge in [0.1, 0.15) is 0 Å². The van der Waals surface area contributed by atoms with Crippen molar-refractivity contribution in [3.05, 3.63) is 60.2 Å². The quantitative estimate of drug-likeness (QED) is 0.893. The molecule has 0 radical (unpaired) electrons. The summed E-state index contributed by atoms with van der Waals surface area (Å²) in [6, 6.07) is 14.7. The van der Waals surface area contributed by atoms with E-state index in [4.69, 9.17) is 4.74 Å². The highest BCUT2D eigenvalue weighted by Gasteiger charge is 2.26. The molecule has 2 aromatic rings. The summed E-state index contributed by atoms with van der Waals surface area (Å²) in [7, 11) is -3.69. The predicted octanol–water partition coefficient (Wildman–Crippen LogP) is 2.74. The van der Waals surface area contributed by atoms with Crippen LogP contribution in [0.1, 0.15) is 24.2 Å². The minimum atomic E-state index is -3.69. The van der Waals surface area contributed by atoms with Crippen molar-refractivity contribution in [1.82, 2.24) is 4.90 Å². The van der Waals surface area contributed by atoms with Gasteiger partial charge in [-0.2, -0.15) is 0 Å². The summed E-state index contributed by atoms with van der Waals surface area (Å²) in [4.78, 5) is 14.5. The van der Waals surface area contributed by atoms with E-state index >= 15 is 0 Å². The number of hydrogen-bond donors (Lipinski definition) is 1. The molecule has 1 amide bonds. The topological polar surface area (TPSA) is 75.7 Å². The van der Waals surface area contributed by atoms with E-state index < -0.39 is 10.0 Å². The van der Waals surface area contributed by atoms with Crippen molar-refractivity contribution in [2.24, 2.45) is 0 Å². The van der Waals surface area contributed by atoms with Gasteiger partial charge in [0.15, 0.2) is 0 Å². The smallest absolute Gasteiger partial charge is 0.261 e. The van der Waals surface area contributed by atoms with E-state index in [0.717, 1.165) is 0 Å². The van der Waals surface area contributed by atoms with Gasteiger partial charge in [-0.15, -0.1) is 0 Å². The van der Waals surface area contributed by atoms with Crippen molar-refractivity contribution in [2.75, 3.05) is 17.8 Å². The maximum absolute atomic E-state index is 12.6. The Morgan fingerprint density at radius 3 is 2.15 bits per heavy atom. The first kappa shape index (κ1) is 18.4. The average molecular weight is 374 g/mol. The van der Waals surface area contributed by atoms with Gasteiger partial charge in [-0.25, -0.2) is 8.42 Å². The molecule has 0 unspecified atom stereocenters. The second kappa shape index (κ2) is 7.47. The van der Waals surface area contributed by atoms with Crippen LogP contribution in [0, 0.1) is 0 Å². The lowest BCUT2D eigenvalue weighted by molar-refractivity contribution is -0.0586. The molecular weight excluding hydrogens is 352 g/mol. The van der Waals surface area contributed by atoms with Gasteiger partial charge in [0, 0.05) is 24.3 Å². The largest absolute Gasteiger partial charge is 0.372 e. The monoisotopic (exact) mass is 374 g/mol. The van der Waals surface area contributed by atoms with Crippen LogP contribution in [0.15, 0.2) is 59.5 Å². The zero-order valence-corrected chi connectivity index (χ0v) is 15.6. The number of para-hydroxylation sites is 1. The van der Waals surface area contributed by atoms with Crippen molar-refractivity contribution in [3.8, 4) is 0 Å². The van der Waals surface area contributed by atoms with E-state index in [1.807, 2.05) is 19.9 Å². The lowest BCUT2D eigenvalue weighted by Crippen LogP contribution is -2.48. The molecule has 0 bridgehead atoms. The number of carbonyl (C=O) groups excluding carboxylic acids is 1. The van der Waals surface area contributed by atoms with E-state index in [1.54, 1.807) is 41.3 Å². The van der Waals surface area contributed by atoms with E-state index in [-0.39, 0.29) is 23.0 Å². The van der Waals surface area contributed by atoms with Gasteiger partial charge in [-0.3, -0.25) is 9.52 Å². The number of ether oxygens (including phenoxy) is 1. The lowest BCUT2D eigenvalue weighted by Gasteiger charge is -2.35. The molecule has 7 heteroatoms. The third-order valence-electron chi connectivity index (χ3n) is 4.14. The molecular formula is C19H22N2O4S. The van der Waals surface area contributed by atoms with Crippen LogP contribution < -0.4 is 4.72 Å². The lowest BCUT2D eigenvalue weighted by atomic mass is 10.1. The van der Waals surface area contributed by atoms with Crippen LogP contribution in [0.2, 0.25) is 0 Å². The highest BCUT2D eigenvalue weighted by atomic mass is 32.2. The minimum absolute atomic E-state index is 0.0163. The molecule has 1 aliphatic rings. The number of nitrogens with zero attached hydrogens (tertiary/aromatic N) is 1. The van der Waals surface area contributed by atoms with Gasteiger partial charge in [0.25, 0.3) is 15.9 Å². The number of carbonyl (C=O) groups is 1. The average Bonchev–Trinajstić information content (AvgIpc) is 2.61. The van der Waals surface area contributed by atoms with Crippen LogP contribution in [0.4, 0.5) is 5.69 Å². The summed E-state index contributed by atoms with van der Waals surface area (Å²) in [6.07, 6.45) is -0.0325. The first-order chi connectivity index (χ1) is 12.3. The van der Waals surface area contributed by atoms with Crippen molar-refractivity contribution in [2.45, 2.75) is 31.0 Å². The molecule has 1 N–H and O–H groups in total. The van der Waals surface area contributed by atoms with Crippen molar-refractivity contribution >= 4 is 21.6 Å². The maximum Gasteiger partial charge on any atom is 0.261 e. The van der Waals surface area contributed by atoms with Crippen molar-refractivity contribution < 1.29 is 17.9 Å². The normalized spacial score (nSPS) is 20.6. The predicted molar refractivity (Wildman–Crippen MR) is 99.6 cm³/mol. The van der Waals surface area contributed by atoms with Gasteiger partial charge in [-0.05, 0) is 50.2 Å². The third-order valence-corrected chi connectivity index (χ3v) is 5.54. The molecule has 3 rings (SSSR count). The maximum atomic E-state index is 12.6. The molecule has 0 spiro atoms.